The Bertz CT molecular complexity index is 183. The van der Waals surface area contributed by atoms with E-state index in [2.05, 4.69) is 10.5 Å². The molecular weight excluding hydrogens is 118 g/mol. The minimum atomic E-state index is -0.889. The van der Waals surface area contributed by atoms with Crippen LogP contribution in [0.5, 0.6) is 0 Å². The second-order valence-corrected chi connectivity index (χ2v) is 2.34. The minimum absolute atomic E-state index is 0.236. The van der Waals surface area contributed by atoms with Crippen molar-refractivity contribution >= 4 is 11.6 Å². The molecule has 0 saturated carbocycles. The third-order valence-corrected chi connectivity index (χ3v) is 1.55. The molecule has 0 aromatic carbocycles. The van der Waals surface area contributed by atoms with E-state index in [1.807, 2.05) is 0 Å². The van der Waals surface area contributed by atoms with E-state index in [1.165, 1.54) is 0 Å². The van der Waals surface area contributed by atoms with Crippen LogP contribution < -0.4 is 11.2 Å². The maximum Gasteiger partial charge on any atom is 0.265 e. The topological polar surface area (TPSA) is 67.5 Å². The molecule has 1 unspecified atom stereocenters. The van der Waals surface area contributed by atoms with Gasteiger partial charge in [-0.3, -0.25) is 4.79 Å². The predicted molar refractivity (Wildman–Crippen MR) is 33.8 cm³/mol. The molecule has 50 valence electrons. The van der Waals surface area contributed by atoms with Gasteiger partial charge in [-0.1, -0.05) is 0 Å². The Morgan fingerprint density at radius 3 is 2.44 bits per heavy atom. The number of hydrogen-bond donors (Lipinski definition) is 2. The predicted octanol–water partition coefficient (Wildman–Crippen LogP) is -0.790. The van der Waals surface area contributed by atoms with Crippen molar-refractivity contribution in [1.82, 2.24) is 5.43 Å². The molecule has 0 saturated heterocycles. The molecule has 0 radical (unpaired) electrons. The molecule has 1 amide bonds. The van der Waals surface area contributed by atoms with Crippen molar-refractivity contribution in [3.63, 3.8) is 0 Å². The molecule has 1 rings (SSSR count). The number of nitrogens with two attached hydrogens (primary N) is 1. The van der Waals surface area contributed by atoms with Gasteiger partial charge in [0.25, 0.3) is 5.91 Å². The summed E-state index contributed by atoms with van der Waals surface area (Å²) in [5.41, 5.74) is 7.55. The number of amides is 1. The molecule has 0 bridgehead atoms. The smallest absolute Gasteiger partial charge is 0.265 e. The molecule has 0 aliphatic carbocycles. The van der Waals surface area contributed by atoms with Crippen LogP contribution >= 0.6 is 0 Å². The second kappa shape index (κ2) is 1.54. The van der Waals surface area contributed by atoms with Crippen molar-refractivity contribution in [3.05, 3.63) is 0 Å². The number of carbonyl (C=O) groups excluding carboxylic acids is 1. The zero-order chi connectivity index (χ0) is 7.07. The lowest BCUT2D eigenvalue weighted by Crippen LogP contribution is -2.50. The molecule has 1 heterocycles. The van der Waals surface area contributed by atoms with E-state index in [4.69, 9.17) is 5.73 Å². The summed E-state index contributed by atoms with van der Waals surface area (Å²) in [6.07, 6.45) is 0. The van der Waals surface area contributed by atoms with Gasteiger partial charge in [-0.25, -0.2) is 5.43 Å². The number of rotatable bonds is 0. The Kier molecular flexibility index (Phi) is 1.06. The first-order valence-electron chi connectivity index (χ1n) is 2.69. The van der Waals surface area contributed by atoms with Gasteiger partial charge in [0.05, 0.1) is 5.71 Å². The van der Waals surface area contributed by atoms with Gasteiger partial charge in [0.15, 0.2) is 0 Å². The highest BCUT2D eigenvalue weighted by molar-refractivity contribution is 6.14. The van der Waals surface area contributed by atoms with Gasteiger partial charge in [0.1, 0.15) is 5.54 Å². The van der Waals surface area contributed by atoms with Gasteiger partial charge < -0.3 is 5.73 Å². The molecule has 1 aliphatic heterocycles. The highest BCUT2D eigenvalue weighted by atomic mass is 16.2. The van der Waals surface area contributed by atoms with Crippen LogP contribution in [0.25, 0.3) is 0 Å². The van der Waals surface area contributed by atoms with Gasteiger partial charge >= 0.3 is 0 Å². The quantitative estimate of drug-likeness (QED) is 0.447. The maximum absolute atomic E-state index is 10.8. The van der Waals surface area contributed by atoms with E-state index in [1.54, 1.807) is 13.8 Å². The van der Waals surface area contributed by atoms with Crippen LogP contribution in [0.2, 0.25) is 0 Å². The fourth-order valence-corrected chi connectivity index (χ4v) is 0.531. The highest BCUT2D eigenvalue weighted by Gasteiger charge is 2.36. The van der Waals surface area contributed by atoms with Crippen LogP contribution in [-0.4, -0.2) is 17.2 Å². The lowest BCUT2D eigenvalue weighted by atomic mass is 9.99. The van der Waals surface area contributed by atoms with Crippen molar-refractivity contribution < 1.29 is 4.79 Å². The molecule has 1 aliphatic rings. The average molecular weight is 127 g/mol. The summed E-state index contributed by atoms with van der Waals surface area (Å²) in [6.45, 7) is 3.35. The Balaban J connectivity index is 2.93. The normalized spacial score (nSPS) is 34.1. The van der Waals surface area contributed by atoms with E-state index in [-0.39, 0.29) is 5.91 Å². The number of nitrogens with zero attached hydrogens (tertiary/aromatic N) is 1. The Morgan fingerprint density at radius 1 is 1.78 bits per heavy atom. The van der Waals surface area contributed by atoms with Crippen molar-refractivity contribution in [2.24, 2.45) is 10.8 Å². The van der Waals surface area contributed by atoms with Crippen LogP contribution in [0.15, 0.2) is 5.10 Å². The van der Waals surface area contributed by atoms with E-state index in [0.29, 0.717) is 5.71 Å². The number of nitrogens with one attached hydrogen (secondary N) is 1. The molecule has 0 aromatic heterocycles. The van der Waals surface area contributed by atoms with Crippen LogP contribution in [-0.2, 0) is 4.79 Å². The lowest BCUT2D eigenvalue weighted by molar-refractivity contribution is -0.122. The van der Waals surface area contributed by atoms with E-state index in [0.717, 1.165) is 0 Å². The van der Waals surface area contributed by atoms with E-state index >= 15 is 0 Å². The van der Waals surface area contributed by atoms with Gasteiger partial charge in [-0.05, 0) is 13.8 Å². The summed E-state index contributed by atoms with van der Waals surface area (Å²) >= 11 is 0. The summed E-state index contributed by atoms with van der Waals surface area (Å²) in [5, 5.41) is 3.66. The van der Waals surface area contributed by atoms with E-state index in [9.17, 15) is 4.79 Å². The summed E-state index contributed by atoms with van der Waals surface area (Å²) in [6, 6.07) is 0. The molecule has 0 spiro atoms. The second-order valence-electron chi connectivity index (χ2n) is 2.34. The fourth-order valence-electron chi connectivity index (χ4n) is 0.531. The molecule has 0 aromatic rings. The minimum Gasteiger partial charge on any atom is -0.313 e. The van der Waals surface area contributed by atoms with Crippen LogP contribution in [0.4, 0.5) is 0 Å². The summed E-state index contributed by atoms with van der Waals surface area (Å²) in [4.78, 5) is 10.8. The first-order valence-corrected chi connectivity index (χ1v) is 2.69. The molecule has 1 atom stereocenters. The number of carbonyl (C=O) groups is 1. The average Bonchev–Trinajstić information content (AvgIpc) is 1.96. The van der Waals surface area contributed by atoms with Gasteiger partial charge in [0, 0.05) is 0 Å². The summed E-state index contributed by atoms with van der Waals surface area (Å²) in [5.74, 6) is -0.236. The van der Waals surface area contributed by atoms with Crippen molar-refractivity contribution in [1.29, 1.82) is 0 Å². The van der Waals surface area contributed by atoms with Crippen LogP contribution in [0.1, 0.15) is 13.8 Å². The summed E-state index contributed by atoms with van der Waals surface area (Å²) in [7, 11) is 0. The third kappa shape index (κ3) is 0.712. The molecule has 3 N–H and O–H groups in total. The molecule has 0 fully saturated rings. The van der Waals surface area contributed by atoms with Crippen LogP contribution in [0, 0.1) is 0 Å². The first kappa shape index (κ1) is 6.22. The van der Waals surface area contributed by atoms with Gasteiger partial charge in [-0.15, -0.1) is 0 Å². The van der Waals surface area contributed by atoms with Crippen LogP contribution in [0.3, 0.4) is 0 Å². The number of hydrazone groups is 1. The third-order valence-electron chi connectivity index (χ3n) is 1.55. The van der Waals surface area contributed by atoms with Gasteiger partial charge in [-0.2, -0.15) is 5.10 Å². The van der Waals surface area contributed by atoms with Crippen molar-refractivity contribution in [2.45, 2.75) is 19.4 Å². The van der Waals surface area contributed by atoms with Crippen molar-refractivity contribution in [2.75, 3.05) is 0 Å². The Hall–Kier alpha value is -0.900. The Labute approximate surface area is 53.1 Å². The lowest BCUT2D eigenvalue weighted by Gasteiger charge is -2.12. The van der Waals surface area contributed by atoms with Crippen molar-refractivity contribution in [3.8, 4) is 0 Å². The Morgan fingerprint density at radius 2 is 2.33 bits per heavy atom. The SMILES string of the molecule is CC1=NNC(=O)C1(C)N. The summed E-state index contributed by atoms with van der Waals surface area (Å²) < 4.78 is 0. The fraction of sp³-hybridized carbons (Fsp3) is 0.600. The van der Waals surface area contributed by atoms with Gasteiger partial charge in [0.2, 0.25) is 0 Å². The highest BCUT2D eigenvalue weighted by Crippen LogP contribution is 2.07. The molecular formula is C5H9N3O. The number of hydrogen-bond acceptors (Lipinski definition) is 3. The zero-order valence-electron chi connectivity index (χ0n) is 5.43. The first-order chi connectivity index (χ1) is 4.05. The maximum atomic E-state index is 10.8. The monoisotopic (exact) mass is 127 g/mol. The van der Waals surface area contributed by atoms with E-state index < -0.39 is 5.54 Å². The zero-order valence-corrected chi connectivity index (χ0v) is 5.43. The largest absolute Gasteiger partial charge is 0.313 e. The standard InChI is InChI=1S/C5H9N3O/c1-3-5(2,6)4(9)8-7-3/h6H2,1-2H3,(H,8,9). The molecule has 4 heteroatoms. The molecule has 9 heavy (non-hydrogen) atoms. The molecule has 4 nitrogen and oxygen atoms in total.